The molecule has 0 spiro atoms. The van der Waals surface area contributed by atoms with Crippen molar-refractivity contribution in [2.75, 3.05) is 6.61 Å². The third-order valence-electron chi connectivity index (χ3n) is 2.96. The molecule has 100 valence electrons. The normalized spacial score (nSPS) is 11.2. The highest BCUT2D eigenvalue weighted by atomic mass is 16.5. The summed E-state index contributed by atoms with van der Waals surface area (Å²) in [4.78, 5) is 0. The van der Waals surface area contributed by atoms with Crippen LogP contribution in [0.25, 0.3) is 10.8 Å². The molecule has 1 aromatic heterocycles. The van der Waals surface area contributed by atoms with Gasteiger partial charge in [-0.2, -0.15) is 5.10 Å². The Bertz CT molecular complexity index is 735. The lowest BCUT2D eigenvalue weighted by Crippen LogP contribution is -1.98. The molecular weight excluding hydrogens is 252 g/mol. The van der Waals surface area contributed by atoms with Crippen LogP contribution in [-0.4, -0.2) is 27.7 Å². The summed E-state index contributed by atoms with van der Waals surface area (Å²) in [5.74, 6) is 0.822. The van der Waals surface area contributed by atoms with Crippen molar-refractivity contribution in [3.63, 3.8) is 0 Å². The van der Waals surface area contributed by atoms with Crippen LogP contribution in [-0.2, 0) is 0 Å². The van der Waals surface area contributed by atoms with E-state index >= 15 is 0 Å². The molecule has 5 nitrogen and oxygen atoms in total. The number of ether oxygens (including phenoxy) is 1. The Labute approximate surface area is 116 Å². The Morgan fingerprint density at radius 1 is 1.15 bits per heavy atom. The molecule has 0 amide bonds. The number of rotatable bonds is 4. The zero-order chi connectivity index (χ0) is 13.8. The topological polar surface area (TPSA) is 52.3 Å². The summed E-state index contributed by atoms with van der Waals surface area (Å²) in [6.07, 6.45) is 4.86. The lowest BCUT2D eigenvalue weighted by molar-refractivity contribution is 0.340. The average molecular weight is 266 g/mol. The van der Waals surface area contributed by atoms with E-state index in [0.29, 0.717) is 6.61 Å². The molecule has 0 N–H and O–H groups in total. The van der Waals surface area contributed by atoms with Crippen molar-refractivity contribution in [2.24, 2.45) is 5.10 Å². The lowest BCUT2D eigenvalue weighted by Gasteiger charge is -2.09. The van der Waals surface area contributed by atoms with Gasteiger partial charge in [-0.25, -0.2) is 4.68 Å². The number of benzene rings is 2. The molecule has 0 saturated carbocycles. The Hall–Kier alpha value is -2.69. The Morgan fingerprint density at radius 3 is 2.75 bits per heavy atom. The summed E-state index contributed by atoms with van der Waals surface area (Å²) in [6, 6.07) is 12.2. The largest absolute Gasteiger partial charge is 0.493 e. The molecule has 0 aliphatic rings. The predicted molar refractivity (Wildman–Crippen MR) is 78.1 cm³/mol. The van der Waals surface area contributed by atoms with Crippen LogP contribution >= 0.6 is 0 Å². The van der Waals surface area contributed by atoms with Gasteiger partial charge in [0.25, 0.3) is 0 Å². The fraction of sp³-hybridized carbons (Fsp3) is 0.133. The Morgan fingerprint density at radius 2 is 1.95 bits per heavy atom. The molecule has 0 aliphatic heterocycles. The molecule has 0 aliphatic carbocycles. The van der Waals surface area contributed by atoms with Crippen LogP contribution in [0.5, 0.6) is 5.75 Å². The summed E-state index contributed by atoms with van der Waals surface area (Å²) in [5.41, 5.74) is 0.957. The maximum atomic E-state index is 5.68. The van der Waals surface area contributed by atoms with Gasteiger partial charge in [0.05, 0.1) is 12.8 Å². The number of aromatic nitrogens is 3. The fourth-order valence-corrected chi connectivity index (χ4v) is 2.07. The molecule has 3 rings (SSSR count). The van der Waals surface area contributed by atoms with Crippen LogP contribution in [0.1, 0.15) is 12.5 Å². The first-order valence-corrected chi connectivity index (χ1v) is 6.42. The Kier molecular flexibility index (Phi) is 3.41. The van der Waals surface area contributed by atoms with E-state index < -0.39 is 0 Å². The lowest BCUT2D eigenvalue weighted by atomic mass is 10.0. The van der Waals surface area contributed by atoms with Crippen LogP contribution in [0.15, 0.2) is 54.2 Å². The number of nitrogens with zero attached hydrogens (tertiary/aromatic N) is 4. The second-order valence-electron chi connectivity index (χ2n) is 4.22. The first-order chi connectivity index (χ1) is 9.88. The molecule has 5 heteroatoms. The van der Waals surface area contributed by atoms with Gasteiger partial charge in [0.1, 0.15) is 18.4 Å². The molecule has 0 bridgehead atoms. The second-order valence-corrected chi connectivity index (χ2v) is 4.22. The van der Waals surface area contributed by atoms with Gasteiger partial charge >= 0.3 is 0 Å². The van der Waals surface area contributed by atoms with E-state index in [1.807, 2.05) is 25.1 Å². The maximum absolute atomic E-state index is 5.68. The van der Waals surface area contributed by atoms with Crippen LogP contribution in [0, 0.1) is 0 Å². The van der Waals surface area contributed by atoms with Crippen molar-refractivity contribution >= 4 is 17.0 Å². The molecule has 3 aromatic rings. The van der Waals surface area contributed by atoms with Gasteiger partial charge in [0, 0.05) is 5.56 Å². The van der Waals surface area contributed by atoms with Crippen molar-refractivity contribution in [1.29, 1.82) is 0 Å². The smallest absolute Gasteiger partial charge is 0.141 e. The number of hydrogen-bond acceptors (Lipinski definition) is 4. The van der Waals surface area contributed by atoms with E-state index in [1.54, 1.807) is 23.5 Å². The minimum Gasteiger partial charge on any atom is -0.493 e. The molecule has 2 aromatic carbocycles. The summed E-state index contributed by atoms with van der Waals surface area (Å²) < 4.78 is 7.24. The van der Waals surface area contributed by atoms with E-state index in [2.05, 4.69) is 33.5 Å². The summed E-state index contributed by atoms with van der Waals surface area (Å²) in [7, 11) is 0. The van der Waals surface area contributed by atoms with Gasteiger partial charge in [0.15, 0.2) is 0 Å². The molecule has 1 heterocycles. The SMILES string of the molecule is CCOc1ccc2ccccc2c1/C=N\n1cnnc1. The van der Waals surface area contributed by atoms with Gasteiger partial charge in [0.2, 0.25) is 0 Å². The van der Waals surface area contributed by atoms with Crippen molar-refractivity contribution in [3.8, 4) is 5.75 Å². The molecule has 0 unspecified atom stereocenters. The third kappa shape index (κ3) is 2.38. The minimum absolute atomic E-state index is 0.617. The van der Waals surface area contributed by atoms with Crippen molar-refractivity contribution in [3.05, 3.63) is 54.6 Å². The van der Waals surface area contributed by atoms with E-state index in [4.69, 9.17) is 4.74 Å². The van der Waals surface area contributed by atoms with E-state index in [0.717, 1.165) is 22.1 Å². The average Bonchev–Trinajstić information content (AvgIpc) is 2.99. The number of fused-ring (bicyclic) bond motifs is 1. The van der Waals surface area contributed by atoms with E-state index in [1.165, 1.54) is 0 Å². The van der Waals surface area contributed by atoms with Crippen molar-refractivity contribution in [1.82, 2.24) is 14.9 Å². The molecular formula is C15H14N4O. The molecule has 0 radical (unpaired) electrons. The fourth-order valence-electron chi connectivity index (χ4n) is 2.07. The van der Waals surface area contributed by atoms with Crippen LogP contribution in [0.4, 0.5) is 0 Å². The molecule has 0 saturated heterocycles. The van der Waals surface area contributed by atoms with Gasteiger partial charge < -0.3 is 4.74 Å². The van der Waals surface area contributed by atoms with Crippen molar-refractivity contribution < 1.29 is 4.74 Å². The first kappa shape index (κ1) is 12.3. The highest BCUT2D eigenvalue weighted by molar-refractivity contribution is 6.02. The minimum atomic E-state index is 0.617. The van der Waals surface area contributed by atoms with Crippen LogP contribution < -0.4 is 4.74 Å². The maximum Gasteiger partial charge on any atom is 0.141 e. The van der Waals surface area contributed by atoms with Gasteiger partial charge in [-0.15, -0.1) is 10.2 Å². The van der Waals surface area contributed by atoms with Crippen LogP contribution in [0.3, 0.4) is 0 Å². The van der Waals surface area contributed by atoms with Crippen LogP contribution in [0.2, 0.25) is 0 Å². The van der Waals surface area contributed by atoms with E-state index in [-0.39, 0.29) is 0 Å². The summed E-state index contributed by atoms with van der Waals surface area (Å²) >= 11 is 0. The Balaban J connectivity index is 2.12. The standard InChI is InChI=1S/C15H14N4O/c1-2-20-15-8-7-12-5-3-4-6-13(12)14(15)9-18-19-10-16-17-11-19/h3-11H,2H2,1H3/b18-9-. The van der Waals surface area contributed by atoms with Crippen molar-refractivity contribution in [2.45, 2.75) is 6.92 Å². The molecule has 0 atom stereocenters. The quantitative estimate of drug-likeness (QED) is 0.682. The third-order valence-corrected chi connectivity index (χ3v) is 2.96. The van der Waals surface area contributed by atoms with Gasteiger partial charge in [-0.3, -0.25) is 0 Å². The van der Waals surface area contributed by atoms with E-state index in [9.17, 15) is 0 Å². The van der Waals surface area contributed by atoms with Gasteiger partial charge in [-0.05, 0) is 23.8 Å². The highest BCUT2D eigenvalue weighted by Crippen LogP contribution is 2.26. The zero-order valence-electron chi connectivity index (χ0n) is 11.1. The number of hydrogen-bond donors (Lipinski definition) is 0. The first-order valence-electron chi connectivity index (χ1n) is 6.42. The summed E-state index contributed by atoms with van der Waals surface area (Å²) in [5, 5.41) is 14.0. The zero-order valence-corrected chi connectivity index (χ0v) is 11.1. The predicted octanol–water partition coefficient (Wildman–Crippen LogP) is 2.71. The van der Waals surface area contributed by atoms with Gasteiger partial charge in [-0.1, -0.05) is 30.3 Å². The highest BCUT2D eigenvalue weighted by Gasteiger charge is 2.06. The monoisotopic (exact) mass is 266 g/mol. The summed E-state index contributed by atoms with van der Waals surface area (Å²) in [6.45, 7) is 2.59. The second kappa shape index (κ2) is 5.52. The molecule has 20 heavy (non-hydrogen) atoms. The molecule has 0 fully saturated rings.